The number of rotatable bonds is 0. The third-order valence-electron chi connectivity index (χ3n) is 3.10. The number of piperazine rings is 2. The van der Waals surface area contributed by atoms with Crippen LogP contribution in [0.5, 0.6) is 0 Å². The summed E-state index contributed by atoms with van der Waals surface area (Å²) in [4.78, 5) is 7.53. The number of fused-ring (bicyclic) bond motifs is 1. The summed E-state index contributed by atoms with van der Waals surface area (Å²) in [7, 11) is 7.46. The van der Waals surface area contributed by atoms with Gasteiger partial charge in [0, 0.05) is 45.3 Å². The molecule has 106 valence electrons. The maximum absolute atomic E-state index is 4.50. The predicted molar refractivity (Wildman–Crippen MR) is 77.3 cm³/mol. The van der Waals surface area contributed by atoms with Crippen LogP contribution in [0.15, 0.2) is 0 Å². The number of nitrogens with two attached hydrogens (primary N) is 2. The molecule has 17 heavy (non-hydrogen) atoms. The van der Waals surface area contributed by atoms with Crippen LogP contribution in [0.3, 0.4) is 0 Å². The molecule has 0 aliphatic carbocycles. The van der Waals surface area contributed by atoms with Gasteiger partial charge < -0.3 is 21.3 Å². The van der Waals surface area contributed by atoms with Crippen molar-refractivity contribution >= 4 is 0 Å². The molecule has 2 aliphatic rings. The molecular formula is C12H33N5. The van der Waals surface area contributed by atoms with Crippen LogP contribution in [0.25, 0.3) is 0 Å². The summed E-state index contributed by atoms with van der Waals surface area (Å²) in [6.45, 7) is 7.55. The molecule has 0 aromatic rings. The topological polar surface area (TPSA) is 61.8 Å². The maximum Gasteiger partial charge on any atom is 0.0351 e. The fourth-order valence-electron chi connectivity index (χ4n) is 2.27. The van der Waals surface area contributed by atoms with E-state index in [-0.39, 0.29) is 7.43 Å². The van der Waals surface area contributed by atoms with E-state index in [0.717, 1.165) is 6.04 Å². The lowest BCUT2D eigenvalue weighted by Gasteiger charge is -2.45. The average molecular weight is 247 g/mol. The van der Waals surface area contributed by atoms with Crippen LogP contribution in [0.1, 0.15) is 7.43 Å². The summed E-state index contributed by atoms with van der Waals surface area (Å²) in [6.07, 6.45) is 0. The van der Waals surface area contributed by atoms with Gasteiger partial charge in [0.05, 0.1) is 0 Å². The molecule has 0 aromatic carbocycles. The first-order chi connectivity index (χ1) is 7.75. The molecule has 4 N–H and O–H groups in total. The van der Waals surface area contributed by atoms with Gasteiger partial charge in [-0.2, -0.15) is 0 Å². The SMILES string of the molecule is C.CN.CN.CN1CCN2CCN(C)CC2C1. The number of hydrogen-bond acceptors (Lipinski definition) is 5. The van der Waals surface area contributed by atoms with E-state index in [1.807, 2.05) is 0 Å². The van der Waals surface area contributed by atoms with Crippen molar-refractivity contribution in [1.29, 1.82) is 0 Å². The molecule has 0 spiro atoms. The van der Waals surface area contributed by atoms with Gasteiger partial charge in [-0.1, -0.05) is 7.43 Å². The van der Waals surface area contributed by atoms with E-state index in [0.29, 0.717) is 0 Å². The van der Waals surface area contributed by atoms with E-state index in [1.54, 1.807) is 0 Å². The highest BCUT2D eigenvalue weighted by molar-refractivity contribution is 4.86. The minimum atomic E-state index is 0. The van der Waals surface area contributed by atoms with Gasteiger partial charge in [-0.3, -0.25) is 4.90 Å². The van der Waals surface area contributed by atoms with Crippen molar-refractivity contribution in [1.82, 2.24) is 14.7 Å². The zero-order valence-electron chi connectivity index (χ0n) is 11.3. The van der Waals surface area contributed by atoms with Crippen molar-refractivity contribution in [2.75, 3.05) is 67.5 Å². The van der Waals surface area contributed by atoms with Gasteiger partial charge in [0.1, 0.15) is 0 Å². The summed E-state index contributed by atoms with van der Waals surface area (Å²) < 4.78 is 0. The molecule has 0 saturated carbocycles. The van der Waals surface area contributed by atoms with E-state index in [4.69, 9.17) is 0 Å². The van der Waals surface area contributed by atoms with Gasteiger partial charge in [-0.15, -0.1) is 0 Å². The Morgan fingerprint density at radius 2 is 1.12 bits per heavy atom. The monoisotopic (exact) mass is 247 g/mol. The summed E-state index contributed by atoms with van der Waals surface area (Å²) in [5, 5.41) is 0. The summed E-state index contributed by atoms with van der Waals surface area (Å²) >= 11 is 0. The summed E-state index contributed by atoms with van der Waals surface area (Å²) in [6, 6.07) is 0.794. The highest BCUT2D eigenvalue weighted by Crippen LogP contribution is 2.12. The number of hydrogen-bond donors (Lipinski definition) is 2. The molecule has 0 atom stereocenters. The van der Waals surface area contributed by atoms with E-state index < -0.39 is 0 Å². The Labute approximate surface area is 108 Å². The fourth-order valence-corrected chi connectivity index (χ4v) is 2.27. The zero-order valence-corrected chi connectivity index (χ0v) is 11.3. The standard InChI is InChI=1S/C9H19N3.2CH5N.CH4/c1-10-3-5-12-6-4-11(2)8-9(12)7-10;2*1-2;/h9H,3-8H2,1-2H3;2*2H2,1H3;1H4. The van der Waals surface area contributed by atoms with Crippen molar-refractivity contribution in [3.8, 4) is 0 Å². The maximum atomic E-state index is 4.50. The van der Waals surface area contributed by atoms with Crippen LogP contribution in [0, 0.1) is 0 Å². The molecule has 2 rings (SSSR count). The molecule has 2 saturated heterocycles. The first-order valence-corrected chi connectivity index (χ1v) is 6.02. The van der Waals surface area contributed by atoms with E-state index in [9.17, 15) is 0 Å². The molecule has 2 aliphatic heterocycles. The normalized spacial score (nSPS) is 22.2. The van der Waals surface area contributed by atoms with E-state index >= 15 is 0 Å². The Kier molecular flexibility index (Phi) is 12.3. The molecule has 2 fully saturated rings. The molecular weight excluding hydrogens is 214 g/mol. The molecule has 5 nitrogen and oxygen atoms in total. The molecule has 0 radical (unpaired) electrons. The predicted octanol–water partition coefficient (Wildman–Crippen LogP) is -0.666. The summed E-state index contributed by atoms with van der Waals surface area (Å²) in [5.74, 6) is 0. The van der Waals surface area contributed by atoms with Crippen LogP contribution in [0.4, 0.5) is 0 Å². The lowest BCUT2D eigenvalue weighted by atomic mass is 10.1. The van der Waals surface area contributed by atoms with Gasteiger partial charge in [0.15, 0.2) is 0 Å². The lowest BCUT2D eigenvalue weighted by Crippen LogP contribution is -2.60. The number of nitrogens with zero attached hydrogens (tertiary/aromatic N) is 3. The van der Waals surface area contributed by atoms with Gasteiger partial charge in [-0.25, -0.2) is 0 Å². The van der Waals surface area contributed by atoms with E-state index in [2.05, 4.69) is 40.3 Å². The Morgan fingerprint density at radius 3 is 1.47 bits per heavy atom. The minimum absolute atomic E-state index is 0. The van der Waals surface area contributed by atoms with Gasteiger partial charge in [0.25, 0.3) is 0 Å². The van der Waals surface area contributed by atoms with Crippen LogP contribution in [-0.4, -0.2) is 88.2 Å². The van der Waals surface area contributed by atoms with E-state index in [1.165, 1.54) is 53.4 Å². The Morgan fingerprint density at radius 1 is 0.765 bits per heavy atom. The van der Waals surface area contributed by atoms with Crippen molar-refractivity contribution in [2.45, 2.75) is 13.5 Å². The Hall–Kier alpha value is -0.200. The first kappa shape index (κ1) is 19.1. The van der Waals surface area contributed by atoms with Crippen LogP contribution < -0.4 is 11.5 Å². The second-order valence-corrected chi connectivity index (χ2v) is 4.21. The van der Waals surface area contributed by atoms with Crippen molar-refractivity contribution in [2.24, 2.45) is 11.5 Å². The summed E-state index contributed by atoms with van der Waals surface area (Å²) in [5.41, 5.74) is 9.00. The van der Waals surface area contributed by atoms with Gasteiger partial charge in [-0.05, 0) is 28.2 Å². The molecule has 0 unspecified atom stereocenters. The van der Waals surface area contributed by atoms with Gasteiger partial charge in [0.2, 0.25) is 0 Å². The molecule has 5 heteroatoms. The van der Waals surface area contributed by atoms with Crippen LogP contribution >= 0.6 is 0 Å². The lowest BCUT2D eigenvalue weighted by molar-refractivity contribution is 0.0298. The Bertz CT molecular complexity index is 149. The molecule has 0 bridgehead atoms. The van der Waals surface area contributed by atoms with Crippen molar-refractivity contribution in [3.63, 3.8) is 0 Å². The van der Waals surface area contributed by atoms with Crippen LogP contribution in [-0.2, 0) is 0 Å². The average Bonchev–Trinajstić information content (AvgIpc) is 2.33. The van der Waals surface area contributed by atoms with Crippen molar-refractivity contribution in [3.05, 3.63) is 0 Å². The first-order valence-electron chi connectivity index (χ1n) is 6.02. The largest absolute Gasteiger partial charge is 0.333 e. The second kappa shape index (κ2) is 10.9. The second-order valence-electron chi connectivity index (χ2n) is 4.21. The molecule has 2 heterocycles. The fraction of sp³-hybridized carbons (Fsp3) is 1.00. The third-order valence-corrected chi connectivity index (χ3v) is 3.10. The quantitative estimate of drug-likeness (QED) is 0.595. The minimum Gasteiger partial charge on any atom is -0.333 e. The smallest absolute Gasteiger partial charge is 0.0351 e. The highest BCUT2D eigenvalue weighted by atomic mass is 15.3. The molecule has 0 aromatic heterocycles. The van der Waals surface area contributed by atoms with Crippen molar-refractivity contribution < 1.29 is 0 Å². The Balaban J connectivity index is 0. The van der Waals surface area contributed by atoms with Crippen LogP contribution in [0.2, 0.25) is 0 Å². The molecule has 0 amide bonds. The number of likely N-dealkylation sites (N-methyl/N-ethyl adjacent to an activating group) is 2. The third kappa shape index (κ3) is 6.33. The zero-order chi connectivity index (χ0) is 12.6. The van der Waals surface area contributed by atoms with Gasteiger partial charge >= 0.3 is 0 Å². The highest BCUT2D eigenvalue weighted by Gasteiger charge is 2.29.